The van der Waals surface area contributed by atoms with Crippen molar-refractivity contribution in [3.63, 3.8) is 0 Å². The number of fused-ring (bicyclic) bond motifs is 1. The summed E-state index contributed by atoms with van der Waals surface area (Å²) in [6.07, 6.45) is 5.50. The summed E-state index contributed by atoms with van der Waals surface area (Å²) in [5, 5.41) is 7.67. The van der Waals surface area contributed by atoms with Crippen LogP contribution in [-0.2, 0) is 0 Å². The maximum absolute atomic E-state index is 4.39. The summed E-state index contributed by atoms with van der Waals surface area (Å²) in [5.41, 5.74) is 0. The van der Waals surface area contributed by atoms with Gasteiger partial charge in [-0.2, -0.15) is 11.8 Å². The number of hydrogen-bond donors (Lipinski definition) is 1. The van der Waals surface area contributed by atoms with E-state index in [9.17, 15) is 0 Å². The van der Waals surface area contributed by atoms with Gasteiger partial charge in [-0.25, -0.2) is 9.97 Å². The van der Waals surface area contributed by atoms with Crippen LogP contribution in [0.25, 0.3) is 10.2 Å². The number of aromatic nitrogens is 2. The smallest absolute Gasteiger partial charge is 0.138 e. The fourth-order valence-corrected chi connectivity index (χ4v) is 4.43. The minimum Gasteiger partial charge on any atom is -0.367 e. The van der Waals surface area contributed by atoms with Crippen molar-refractivity contribution < 1.29 is 0 Å². The summed E-state index contributed by atoms with van der Waals surface area (Å²) in [6.45, 7) is 2.24. The van der Waals surface area contributed by atoms with E-state index >= 15 is 0 Å². The van der Waals surface area contributed by atoms with Crippen molar-refractivity contribution in [2.45, 2.75) is 37.5 Å². The molecular formula is C13H17N3S2. The number of anilines is 1. The summed E-state index contributed by atoms with van der Waals surface area (Å²) in [6, 6.07) is 2.68. The quantitative estimate of drug-likeness (QED) is 0.924. The number of rotatable bonds is 4. The number of nitrogens with zero attached hydrogens (tertiary/aromatic N) is 2. The third kappa shape index (κ3) is 2.47. The average molecular weight is 279 g/mol. The highest BCUT2D eigenvalue weighted by Crippen LogP contribution is 2.32. The first-order valence-electron chi connectivity index (χ1n) is 6.43. The molecule has 2 atom stereocenters. The van der Waals surface area contributed by atoms with Crippen molar-refractivity contribution in [3.8, 4) is 0 Å². The van der Waals surface area contributed by atoms with Crippen LogP contribution in [0.2, 0.25) is 0 Å². The lowest BCUT2D eigenvalue weighted by Crippen LogP contribution is -2.17. The number of nitrogens with one attached hydrogen (secondary N) is 1. The molecule has 3 rings (SSSR count). The highest BCUT2D eigenvalue weighted by molar-refractivity contribution is 7.99. The molecule has 1 saturated carbocycles. The maximum atomic E-state index is 4.39. The van der Waals surface area contributed by atoms with E-state index in [2.05, 4.69) is 45.4 Å². The minimum atomic E-state index is 0.576. The lowest BCUT2D eigenvalue weighted by Gasteiger charge is -2.14. The van der Waals surface area contributed by atoms with E-state index in [1.54, 1.807) is 17.7 Å². The molecular weight excluding hydrogens is 262 g/mol. The molecule has 1 aliphatic carbocycles. The van der Waals surface area contributed by atoms with Crippen molar-refractivity contribution in [1.82, 2.24) is 9.97 Å². The van der Waals surface area contributed by atoms with Crippen molar-refractivity contribution >= 4 is 39.1 Å². The molecule has 5 heteroatoms. The van der Waals surface area contributed by atoms with Crippen molar-refractivity contribution in [2.75, 3.05) is 11.1 Å². The number of thiophene rings is 1. The van der Waals surface area contributed by atoms with E-state index in [-0.39, 0.29) is 0 Å². The molecule has 0 aliphatic heterocycles. The highest BCUT2D eigenvalue weighted by Gasteiger charge is 2.25. The van der Waals surface area contributed by atoms with Gasteiger partial charge in [0.05, 0.1) is 5.39 Å². The van der Waals surface area contributed by atoms with Gasteiger partial charge in [-0.15, -0.1) is 11.3 Å². The molecule has 1 fully saturated rings. The molecule has 0 radical (unpaired) electrons. The van der Waals surface area contributed by atoms with Crippen LogP contribution < -0.4 is 5.32 Å². The normalized spacial score (nSPS) is 23.6. The maximum Gasteiger partial charge on any atom is 0.138 e. The Morgan fingerprint density at radius 2 is 2.39 bits per heavy atom. The summed E-state index contributed by atoms with van der Waals surface area (Å²) in [4.78, 5) is 9.75. The van der Waals surface area contributed by atoms with E-state index in [4.69, 9.17) is 0 Å². The lowest BCUT2D eigenvalue weighted by atomic mass is 10.2. The Kier molecular flexibility index (Phi) is 3.70. The fraction of sp³-hybridized carbons (Fsp3) is 0.538. The van der Waals surface area contributed by atoms with E-state index in [0.717, 1.165) is 21.3 Å². The third-order valence-corrected chi connectivity index (χ3v) is 5.44. The Morgan fingerprint density at radius 3 is 3.28 bits per heavy atom. The second kappa shape index (κ2) is 5.45. The van der Waals surface area contributed by atoms with Gasteiger partial charge < -0.3 is 5.32 Å². The standard InChI is InChI=1S/C13H17N3S2/c1-2-17-10-4-3-9(7-10)16-12-11-5-6-18-13(11)15-8-14-12/h5-6,8-10H,2-4,7H2,1H3,(H,14,15,16). The zero-order valence-electron chi connectivity index (χ0n) is 10.4. The highest BCUT2D eigenvalue weighted by atomic mass is 32.2. The van der Waals surface area contributed by atoms with Gasteiger partial charge in [-0.05, 0) is 36.5 Å². The van der Waals surface area contributed by atoms with Gasteiger partial charge in [0.1, 0.15) is 17.0 Å². The van der Waals surface area contributed by atoms with Gasteiger partial charge in [0.15, 0.2) is 0 Å². The van der Waals surface area contributed by atoms with E-state index in [1.807, 2.05) is 0 Å². The van der Waals surface area contributed by atoms with Crippen LogP contribution in [0.5, 0.6) is 0 Å². The van der Waals surface area contributed by atoms with Gasteiger partial charge in [0.25, 0.3) is 0 Å². The van der Waals surface area contributed by atoms with Gasteiger partial charge in [-0.3, -0.25) is 0 Å². The van der Waals surface area contributed by atoms with Crippen LogP contribution in [0.15, 0.2) is 17.8 Å². The first kappa shape index (κ1) is 12.2. The number of thioether (sulfide) groups is 1. The van der Waals surface area contributed by atoms with Crippen LogP contribution in [0.3, 0.4) is 0 Å². The van der Waals surface area contributed by atoms with Crippen molar-refractivity contribution in [1.29, 1.82) is 0 Å². The van der Waals surface area contributed by atoms with Gasteiger partial charge in [-0.1, -0.05) is 6.92 Å². The molecule has 18 heavy (non-hydrogen) atoms. The molecule has 2 unspecified atom stereocenters. The zero-order valence-corrected chi connectivity index (χ0v) is 12.1. The molecule has 0 saturated heterocycles. The van der Waals surface area contributed by atoms with E-state index in [0.29, 0.717) is 6.04 Å². The monoisotopic (exact) mass is 279 g/mol. The van der Waals surface area contributed by atoms with Crippen molar-refractivity contribution in [2.24, 2.45) is 0 Å². The summed E-state index contributed by atoms with van der Waals surface area (Å²) in [5.74, 6) is 2.23. The Morgan fingerprint density at radius 1 is 1.44 bits per heavy atom. The molecule has 1 aliphatic rings. The van der Waals surface area contributed by atoms with Crippen LogP contribution in [-0.4, -0.2) is 27.0 Å². The zero-order chi connectivity index (χ0) is 12.4. The Bertz CT molecular complexity index is 526. The van der Waals surface area contributed by atoms with Crippen LogP contribution in [0.4, 0.5) is 5.82 Å². The third-order valence-electron chi connectivity index (χ3n) is 3.39. The summed E-state index contributed by atoms with van der Waals surface area (Å²) < 4.78 is 0. The Hall–Kier alpha value is -0.810. The van der Waals surface area contributed by atoms with Crippen LogP contribution >= 0.6 is 23.1 Å². The SMILES string of the molecule is CCSC1CCC(Nc2ncnc3sccc23)C1. The molecule has 2 aromatic rings. The van der Waals surface area contributed by atoms with E-state index in [1.165, 1.54) is 25.0 Å². The molecule has 0 spiro atoms. The van der Waals surface area contributed by atoms with E-state index < -0.39 is 0 Å². The van der Waals surface area contributed by atoms with Gasteiger partial charge in [0.2, 0.25) is 0 Å². The predicted octanol–water partition coefficient (Wildman–Crippen LogP) is 3.78. The lowest BCUT2D eigenvalue weighted by molar-refractivity contribution is 0.753. The molecule has 0 bridgehead atoms. The topological polar surface area (TPSA) is 37.8 Å². The van der Waals surface area contributed by atoms with Gasteiger partial charge in [0, 0.05) is 11.3 Å². The minimum absolute atomic E-state index is 0.576. The number of hydrogen-bond acceptors (Lipinski definition) is 5. The van der Waals surface area contributed by atoms with Gasteiger partial charge >= 0.3 is 0 Å². The first-order chi connectivity index (χ1) is 8.86. The second-order valence-corrected chi connectivity index (χ2v) is 7.07. The van der Waals surface area contributed by atoms with Crippen LogP contribution in [0, 0.1) is 0 Å². The molecule has 1 N–H and O–H groups in total. The largest absolute Gasteiger partial charge is 0.367 e. The average Bonchev–Trinajstić information content (AvgIpc) is 2.99. The predicted molar refractivity (Wildman–Crippen MR) is 80.6 cm³/mol. The molecule has 2 aromatic heterocycles. The summed E-state index contributed by atoms with van der Waals surface area (Å²) >= 11 is 3.76. The molecule has 0 aromatic carbocycles. The molecule has 0 amide bonds. The van der Waals surface area contributed by atoms with Crippen molar-refractivity contribution in [3.05, 3.63) is 17.8 Å². The first-order valence-corrected chi connectivity index (χ1v) is 8.36. The fourth-order valence-electron chi connectivity index (χ4n) is 2.56. The Balaban J connectivity index is 1.71. The molecule has 3 nitrogen and oxygen atoms in total. The summed E-state index contributed by atoms with van der Waals surface area (Å²) in [7, 11) is 0. The second-order valence-electron chi connectivity index (χ2n) is 4.59. The molecule has 96 valence electrons. The molecule has 2 heterocycles. The van der Waals surface area contributed by atoms with Crippen LogP contribution in [0.1, 0.15) is 26.2 Å². The Labute approximate surface area is 115 Å².